The van der Waals surface area contributed by atoms with Gasteiger partial charge < -0.3 is 9.84 Å². The van der Waals surface area contributed by atoms with Gasteiger partial charge in [0.25, 0.3) is 0 Å². The Balaban J connectivity index is 1.80. The van der Waals surface area contributed by atoms with Gasteiger partial charge in [0.15, 0.2) is 0 Å². The Labute approximate surface area is 178 Å². The van der Waals surface area contributed by atoms with E-state index in [9.17, 15) is 9.90 Å². The summed E-state index contributed by atoms with van der Waals surface area (Å²) in [6.45, 7) is 6.55. The average Bonchev–Trinajstić information content (AvgIpc) is 2.77. The van der Waals surface area contributed by atoms with Gasteiger partial charge in [-0.3, -0.25) is 0 Å². The molecule has 3 nitrogen and oxygen atoms in total. The maximum Gasteiger partial charge on any atom is 0.335 e. The number of hydrogen-bond acceptors (Lipinski definition) is 2. The van der Waals surface area contributed by atoms with Crippen molar-refractivity contribution in [1.82, 2.24) is 0 Å². The van der Waals surface area contributed by atoms with Gasteiger partial charge in [0.2, 0.25) is 0 Å². The Hall–Kier alpha value is -3.07. The highest BCUT2D eigenvalue weighted by Gasteiger charge is 2.36. The molecule has 0 radical (unpaired) electrons. The quantitative estimate of drug-likeness (QED) is 0.469. The first-order valence-electron chi connectivity index (χ1n) is 10.6. The lowest BCUT2D eigenvalue weighted by atomic mass is 9.66. The summed E-state index contributed by atoms with van der Waals surface area (Å²) in [5.74, 6) is 0.0434. The van der Waals surface area contributed by atoms with E-state index in [0.29, 0.717) is 5.56 Å². The van der Waals surface area contributed by atoms with E-state index in [4.69, 9.17) is 4.74 Å². The standard InChI is InChI=1S/C27H28O3/c1-4-27(13-5-6-18(2)17-27)24-16-22(11-12-25(24)30-3)20-7-8-21-15-23(26(28)29)10-9-19(21)14-20/h7-12,14-16H,2,4-6,13,17H2,1,3H3,(H,28,29). The van der Waals surface area contributed by atoms with Crippen LogP contribution in [0.25, 0.3) is 21.9 Å². The zero-order chi connectivity index (χ0) is 21.3. The number of aromatic carboxylic acids is 1. The lowest BCUT2D eigenvalue weighted by molar-refractivity contribution is 0.0697. The predicted octanol–water partition coefficient (Wildman–Crippen LogP) is 6.99. The Morgan fingerprint density at radius 2 is 1.77 bits per heavy atom. The lowest BCUT2D eigenvalue weighted by Gasteiger charge is -2.39. The Bertz CT molecular complexity index is 1130. The topological polar surface area (TPSA) is 46.5 Å². The number of carboxylic acids is 1. The largest absolute Gasteiger partial charge is 0.496 e. The normalized spacial score (nSPS) is 19.1. The molecule has 0 spiro atoms. The molecular formula is C27H28O3. The zero-order valence-electron chi connectivity index (χ0n) is 17.7. The van der Waals surface area contributed by atoms with E-state index in [1.54, 1.807) is 19.2 Å². The van der Waals surface area contributed by atoms with E-state index in [1.807, 2.05) is 12.1 Å². The molecule has 0 aliphatic heterocycles. The minimum absolute atomic E-state index is 0.0733. The molecule has 3 heteroatoms. The average molecular weight is 401 g/mol. The molecule has 1 aliphatic rings. The van der Waals surface area contributed by atoms with Gasteiger partial charge in [-0.25, -0.2) is 4.79 Å². The highest BCUT2D eigenvalue weighted by atomic mass is 16.5. The fourth-order valence-electron chi connectivity index (χ4n) is 4.91. The summed E-state index contributed by atoms with van der Waals surface area (Å²) in [7, 11) is 1.75. The number of fused-ring (bicyclic) bond motifs is 1. The van der Waals surface area contributed by atoms with Crippen LogP contribution in [0.4, 0.5) is 0 Å². The molecule has 1 N–H and O–H groups in total. The molecule has 1 atom stereocenters. The van der Waals surface area contributed by atoms with Crippen LogP contribution in [0, 0.1) is 0 Å². The van der Waals surface area contributed by atoms with Crippen molar-refractivity contribution >= 4 is 16.7 Å². The molecule has 0 saturated heterocycles. The summed E-state index contributed by atoms with van der Waals surface area (Å²) in [6.07, 6.45) is 5.51. The van der Waals surface area contributed by atoms with Gasteiger partial charge in [0, 0.05) is 11.0 Å². The first kappa shape index (κ1) is 20.2. The number of hydrogen-bond donors (Lipinski definition) is 1. The van der Waals surface area contributed by atoms with Gasteiger partial charge in [0.05, 0.1) is 12.7 Å². The molecule has 154 valence electrons. The van der Waals surface area contributed by atoms with Crippen molar-refractivity contribution in [3.8, 4) is 16.9 Å². The molecule has 1 aliphatic carbocycles. The third kappa shape index (κ3) is 3.60. The summed E-state index contributed by atoms with van der Waals surface area (Å²) in [5.41, 5.74) is 5.26. The van der Waals surface area contributed by atoms with E-state index in [2.05, 4.69) is 43.8 Å². The van der Waals surface area contributed by atoms with Gasteiger partial charge in [-0.05, 0) is 84.3 Å². The maximum absolute atomic E-state index is 11.2. The van der Waals surface area contributed by atoms with Crippen molar-refractivity contribution < 1.29 is 14.6 Å². The van der Waals surface area contributed by atoms with Crippen LogP contribution in [0.5, 0.6) is 5.75 Å². The van der Waals surface area contributed by atoms with Gasteiger partial charge in [0.1, 0.15) is 5.75 Å². The molecule has 0 amide bonds. The second kappa shape index (κ2) is 7.98. The minimum Gasteiger partial charge on any atom is -0.496 e. The summed E-state index contributed by atoms with van der Waals surface area (Å²) < 4.78 is 5.77. The SMILES string of the molecule is C=C1CCCC(CC)(c2cc(-c3ccc4cc(C(=O)O)ccc4c3)ccc2OC)C1. The lowest BCUT2D eigenvalue weighted by Crippen LogP contribution is -2.29. The van der Waals surface area contributed by atoms with Crippen molar-refractivity contribution in [2.45, 2.75) is 44.4 Å². The molecule has 3 aromatic rings. The zero-order valence-corrected chi connectivity index (χ0v) is 17.7. The Morgan fingerprint density at radius 3 is 2.47 bits per heavy atom. The third-order valence-electron chi connectivity index (χ3n) is 6.64. The summed E-state index contributed by atoms with van der Waals surface area (Å²) in [5, 5.41) is 11.2. The molecule has 0 heterocycles. The molecular weight excluding hydrogens is 372 g/mol. The van der Waals surface area contributed by atoms with Crippen molar-refractivity contribution in [2.75, 3.05) is 7.11 Å². The van der Waals surface area contributed by atoms with Gasteiger partial charge in [-0.15, -0.1) is 0 Å². The predicted molar refractivity (Wildman–Crippen MR) is 122 cm³/mol. The van der Waals surface area contributed by atoms with Gasteiger partial charge in [-0.2, -0.15) is 0 Å². The molecule has 4 rings (SSSR count). The molecule has 1 saturated carbocycles. The van der Waals surface area contributed by atoms with Crippen LogP contribution in [-0.2, 0) is 5.41 Å². The summed E-state index contributed by atoms with van der Waals surface area (Å²) in [6, 6.07) is 17.9. The fourth-order valence-corrected chi connectivity index (χ4v) is 4.91. The highest BCUT2D eigenvalue weighted by Crippen LogP contribution is 2.48. The monoisotopic (exact) mass is 400 g/mol. The molecule has 30 heavy (non-hydrogen) atoms. The second-order valence-electron chi connectivity index (χ2n) is 8.41. The van der Waals surface area contributed by atoms with Crippen LogP contribution in [0.15, 0.2) is 66.7 Å². The Kier molecular flexibility index (Phi) is 5.38. The van der Waals surface area contributed by atoms with E-state index in [-0.39, 0.29) is 5.41 Å². The second-order valence-corrected chi connectivity index (χ2v) is 8.41. The van der Waals surface area contributed by atoms with Crippen LogP contribution in [0.2, 0.25) is 0 Å². The smallest absolute Gasteiger partial charge is 0.335 e. The number of rotatable bonds is 5. The molecule has 3 aromatic carbocycles. The van der Waals surface area contributed by atoms with E-state index in [1.165, 1.54) is 17.6 Å². The van der Waals surface area contributed by atoms with Crippen molar-refractivity contribution in [3.05, 3.63) is 77.9 Å². The molecule has 1 unspecified atom stereocenters. The number of carboxylic acid groups (broad SMARTS) is 1. The van der Waals surface area contributed by atoms with Crippen molar-refractivity contribution in [1.29, 1.82) is 0 Å². The van der Waals surface area contributed by atoms with Crippen LogP contribution < -0.4 is 4.74 Å². The summed E-state index contributed by atoms with van der Waals surface area (Å²) in [4.78, 5) is 11.2. The minimum atomic E-state index is -0.903. The maximum atomic E-state index is 11.2. The third-order valence-corrected chi connectivity index (χ3v) is 6.64. The number of ether oxygens (including phenoxy) is 1. The highest BCUT2D eigenvalue weighted by molar-refractivity contribution is 5.95. The first-order chi connectivity index (χ1) is 14.5. The molecule has 1 fully saturated rings. The first-order valence-corrected chi connectivity index (χ1v) is 10.6. The van der Waals surface area contributed by atoms with Crippen LogP contribution in [0.3, 0.4) is 0 Å². The van der Waals surface area contributed by atoms with Gasteiger partial charge >= 0.3 is 5.97 Å². The van der Waals surface area contributed by atoms with E-state index >= 15 is 0 Å². The van der Waals surface area contributed by atoms with E-state index < -0.39 is 5.97 Å². The fraction of sp³-hybridized carbons (Fsp3) is 0.296. The Morgan fingerprint density at radius 1 is 1.07 bits per heavy atom. The van der Waals surface area contributed by atoms with Crippen LogP contribution in [-0.4, -0.2) is 18.2 Å². The number of methoxy groups -OCH3 is 1. The van der Waals surface area contributed by atoms with Crippen LogP contribution >= 0.6 is 0 Å². The van der Waals surface area contributed by atoms with Gasteiger partial charge in [-0.1, -0.05) is 43.3 Å². The summed E-state index contributed by atoms with van der Waals surface area (Å²) >= 11 is 0. The molecule has 0 bridgehead atoms. The molecule has 0 aromatic heterocycles. The number of allylic oxidation sites excluding steroid dienone is 1. The number of carbonyl (C=O) groups is 1. The van der Waals surface area contributed by atoms with Crippen molar-refractivity contribution in [2.24, 2.45) is 0 Å². The number of benzene rings is 3. The van der Waals surface area contributed by atoms with Crippen molar-refractivity contribution in [3.63, 3.8) is 0 Å². The van der Waals surface area contributed by atoms with Crippen LogP contribution in [0.1, 0.15) is 54.9 Å². The van der Waals surface area contributed by atoms with E-state index in [0.717, 1.165) is 53.3 Å².